The lowest BCUT2D eigenvalue weighted by Crippen LogP contribution is -2.30. The SMILES string of the molecule is CC1CC1C(NN)c1cc(Cl)cnc1N. The Balaban J connectivity index is 2.29. The lowest BCUT2D eigenvalue weighted by atomic mass is 10.0. The van der Waals surface area contributed by atoms with Crippen molar-refractivity contribution < 1.29 is 0 Å². The van der Waals surface area contributed by atoms with Crippen molar-refractivity contribution in [3.8, 4) is 0 Å². The molecule has 0 saturated heterocycles. The molecule has 0 aromatic carbocycles. The Kier molecular flexibility index (Phi) is 2.82. The van der Waals surface area contributed by atoms with Crippen molar-refractivity contribution in [1.29, 1.82) is 0 Å². The van der Waals surface area contributed by atoms with Gasteiger partial charge >= 0.3 is 0 Å². The number of nitrogens with two attached hydrogens (primary N) is 2. The predicted octanol–water partition coefficient (Wildman–Crippen LogP) is 1.48. The van der Waals surface area contributed by atoms with Crippen molar-refractivity contribution >= 4 is 17.4 Å². The van der Waals surface area contributed by atoms with Crippen molar-refractivity contribution in [3.63, 3.8) is 0 Å². The molecule has 1 aliphatic rings. The highest BCUT2D eigenvalue weighted by Gasteiger charge is 2.40. The van der Waals surface area contributed by atoms with E-state index in [0.717, 1.165) is 5.56 Å². The molecule has 1 saturated carbocycles. The molecule has 0 aliphatic heterocycles. The first-order valence-corrected chi connectivity index (χ1v) is 5.38. The second kappa shape index (κ2) is 3.96. The van der Waals surface area contributed by atoms with E-state index in [4.69, 9.17) is 23.2 Å². The number of anilines is 1. The Bertz CT molecular complexity index is 368. The molecule has 1 fully saturated rings. The van der Waals surface area contributed by atoms with Crippen LogP contribution in [0.15, 0.2) is 12.3 Å². The molecule has 0 amide bonds. The molecule has 1 aromatic heterocycles. The molecule has 1 aromatic rings. The van der Waals surface area contributed by atoms with Crippen molar-refractivity contribution in [1.82, 2.24) is 10.4 Å². The fraction of sp³-hybridized carbons (Fsp3) is 0.500. The number of nitrogens with one attached hydrogen (secondary N) is 1. The molecule has 15 heavy (non-hydrogen) atoms. The third kappa shape index (κ3) is 2.07. The topological polar surface area (TPSA) is 77.0 Å². The molecule has 3 unspecified atom stereocenters. The molecule has 4 nitrogen and oxygen atoms in total. The first kappa shape index (κ1) is 10.7. The average molecular weight is 227 g/mol. The van der Waals surface area contributed by atoms with Gasteiger partial charge < -0.3 is 5.73 Å². The number of nitrogens with zero attached hydrogens (tertiary/aromatic N) is 1. The standard InChI is InChI=1S/C10H15ClN4/c1-5-2-7(5)9(15-13)8-3-6(11)4-14-10(8)12/h3-5,7,9,15H,2,13H2,1H3,(H2,12,14). The highest BCUT2D eigenvalue weighted by atomic mass is 35.5. The van der Waals surface area contributed by atoms with Crippen LogP contribution in [0, 0.1) is 11.8 Å². The van der Waals surface area contributed by atoms with Crippen LogP contribution >= 0.6 is 11.6 Å². The number of hydrogen-bond acceptors (Lipinski definition) is 4. The third-order valence-corrected chi connectivity index (χ3v) is 3.24. The molecular weight excluding hydrogens is 212 g/mol. The summed E-state index contributed by atoms with van der Waals surface area (Å²) in [5.74, 6) is 7.28. The Morgan fingerprint density at radius 3 is 2.87 bits per heavy atom. The van der Waals surface area contributed by atoms with Crippen LogP contribution in [0.1, 0.15) is 24.9 Å². The van der Waals surface area contributed by atoms with E-state index in [1.807, 2.05) is 6.07 Å². The number of aromatic nitrogens is 1. The van der Waals surface area contributed by atoms with Gasteiger partial charge in [0.1, 0.15) is 5.82 Å². The van der Waals surface area contributed by atoms with Crippen LogP contribution in [0.2, 0.25) is 5.02 Å². The van der Waals surface area contributed by atoms with Gasteiger partial charge in [-0.1, -0.05) is 18.5 Å². The van der Waals surface area contributed by atoms with Gasteiger partial charge in [0.2, 0.25) is 0 Å². The van der Waals surface area contributed by atoms with Gasteiger partial charge in [-0.25, -0.2) is 4.98 Å². The maximum atomic E-state index is 5.89. The lowest BCUT2D eigenvalue weighted by Gasteiger charge is -2.17. The first-order valence-electron chi connectivity index (χ1n) is 5.00. The quantitative estimate of drug-likeness (QED) is 0.539. The summed E-state index contributed by atoms with van der Waals surface area (Å²) in [6.07, 6.45) is 2.71. The van der Waals surface area contributed by atoms with E-state index in [9.17, 15) is 0 Å². The zero-order chi connectivity index (χ0) is 11.0. The van der Waals surface area contributed by atoms with Gasteiger partial charge in [-0.15, -0.1) is 0 Å². The molecule has 1 aliphatic carbocycles. The van der Waals surface area contributed by atoms with E-state index in [1.54, 1.807) is 6.20 Å². The Labute approximate surface area is 94.0 Å². The lowest BCUT2D eigenvalue weighted by molar-refractivity contribution is 0.476. The van der Waals surface area contributed by atoms with E-state index >= 15 is 0 Å². The molecule has 0 bridgehead atoms. The molecule has 0 radical (unpaired) electrons. The average Bonchev–Trinajstić information content (AvgIpc) is 2.90. The number of nitrogen functional groups attached to an aromatic ring is 1. The number of hydrazine groups is 1. The van der Waals surface area contributed by atoms with Crippen LogP contribution in [0.3, 0.4) is 0 Å². The van der Waals surface area contributed by atoms with Crippen LogP contribution < -0.4 is 17.0 Å². The van der Waals surface area contributed by atoms with E-state index < -0.39 is 0 Å². The Hall–Kier alpha value is -0.840. The van der Waals surface area contributed by atoms with Gasteiger partial charge in [-0.3, -0.25) is 11.3 Å². The van der Waals surface area contributed by atoms with Crippen LogP contribution in [-0.2, 0) is 0 Å². The number of pyridine rings is 1. The van der Waals surface area contributed by atoms with E-state index in [2.05, 4.69) is 17.3 Å². The second-order valence-electron chi connectivity index (χ2n) is 4.15. The summed E-state index contributed by atoms with van der Waals surface area (Å²) in [7, 11) is 0. The summed E-state index contributed by atoms with van der Waals surface area (Å²) in [4.78, 5) is 4.03. The summed E-state index contributed by atoms with van der Waals surface area (Å²) in [5, 5.41) is 0.591. The maximum Gasteiger partial charge on any atom is 0.128 e. The van der Waals surface area contributed by atoms with E-state index in [0.29, 0.717) is 22.7 Å². The van der Waals surface area contributed by atoms with E-state index in [1.165, 1.54) is 6.42 Å². The van der Waals surface area contributed by atoms with Crippen molar-refractivity contribution in [2.45, 2.75) is 19.4 Å². The van der Waals surface area contributed by atoms with Gasteiger partial charge in [0.05, 0.1) is 11.1 Å². The minimum absolute atomic E-state index is 0.0613. The minimum atomic E-state index is 0.0613. The molecule has 0 spiro atoms. The van der Waals surface area contributed by atoms with Gasteiger partial charge in [0.15, 0.2) is 0 Å². The fourth-order valence-corrected chi connectivity index (χ4v) is 2.14. The second-order valence-corrected chi connectivity index (χ2v) is 4.59. The molecule has 3 atom stereocenters. The van der Waals surface area contributed by atoms with Crippen LogP contribution in [0.5, 0.6) is 0 Å². The van der Waals surface area contributed by atoms with Crippen molar-refractivity contribution in [3.05, 3.63) is 22.8 Å². The zero-order valence-electron chi connectivity index (χ0n) is 8.57. The van der Waals surface area contributed by atoms with Crippen molar-refractivity contribution in [2.24, 2.45) is 17.7 Å². The molecule has 1 heterocycles. The highest BCUT2D eigenvalue weighted by molar-refractivity contribution is 6.30. The number of halogens is 1. The highest BCUT2D eigenvalue weighted by Crippen LogP contribution is 2.47. The fourth-order valence-electron chi connectivity index (χ4n) is 1.97. The molecular formula is C10H15ClN4. The largest absolute Gasteiger partial charge is 0.383 e. The Morgan fingerprint density at radius 1 is 1.67 bits per heavy atom. The van der Waals surface area contributed by atoms with E-state index in [-0.39, 0.29) is 6.04 Å². The first-order chi connectivity index (χ1) is 7.13. The zero-order valence-corrected chi connectivity index (χ0v) is 9.33. The minimum Gasteiger partial charge on any atom is -0.383 e. The predicted molar refractivity (Wildman–Crippen MR) is 61.0 cm³/mol. The van der Waals surface area contributed by atoms with Gasteiger partial charge in [0, 0.05) is 11.8 Å². The van der Waals surface area contributed by atoms with Crippen LogP contribution in [-0.4, -0.2) is 4.98 Å². The van der Waals surface area contributed by atoms with Crippen molar-refractivity contribution in [2.75, 3.05) is 5.73 Å². The molecule has 5 N–H and O–H groups in total. The summed E-state index contributed by atoms with van der Waals surface area (Å²) in [6, 6.07) is 1.89. The summed E-state index contributed by atoms with van der Waals surface area (Å²) < 4.78 is 0. The summed E-state index contributed by atoms with van der Waals surface area (Å²) in [5.41, 5.74) is 9.51. The normalized spacial score (nSPS) is 26.3. The van der Waals surface area contributed by atoms with Gasteiger partial charge in [-0.2, -0.15) is 0 Å². The summed E-state index contributed by atoms with van der Waals surface area (Å²) in [6.45, 7) is 2.20. The van der Waals surface area contributed by atoms with Gasteiger partial charge in [0.25, 0.3) is 0 Å². The molecule has 5 heteroatoms. The smallest absolute Gasteiger partial charge is 0.128 e. The monoisotopic (exact) mass is 226 g/mol. The summed E-state index contributed by atoms with van der Waals surface area (Å²) >= 11 is 5.89. The number of hydrogen-bond donors (Lipinski definition) is 3. The van der Waals surface area contributed by atoms with Crippen LogP contribution in [0.4, 0.5) is 5.82 Å². The molecule has 82 valence electrons. The third-order valence-electron chi connectivity index (χ3n) is 3.03. The number of rotatable bonds is 3. The maximum absolute atomic E-state index is 5.89. The molecule has 2 rings (SSSR count). The van der Waals surface area contributed by atoms with Crippen LogP contribution in [0.25, 0.3) is 0 Å². The Morgan fingerprint density at radius 2 is 2.33 bits per heavy atom. The van der Waals surface area contributed by atoms with Gasteiger partial charge in [-0.05, 0) is 24.3 Å².